The monoisotopic (exact) mass is 384 g/mol. The van der Waals surface area contributed by atoms with Crippen molar-refractivity contribution in [3.8, 4) is 11.1 Å². The Bertz CT molecular complexity index is 927. The van der Waals surface area contributed by atoms with Gasteiger partial charge >= 0.3 is 0 Å². The zero-order valence-corrected chi connectivity index (χ0v) is 18.6. The van der Waals surface area contributed by atoms with Crippen molar-refractivity contribution in [3.05, 3.63) is 63.7 Å². The molecule has 3 aliphatic rings. The normalized spacial score (nSPS) is 19.2. The first-order chi connectivity index (χ1) is 14.0. The quantitative estimate of drug-likeness (QED) is 0.502. The third kappa shape index (κ3) is 3.72. The molecule has 0 aliphatic heterocycles. The van der Waals surface area contributed by atoms with Gasteiger partial charge in [-0.3, -0.25) is 0 Å². The first-order valence-electron chi connectivity index (χ1n) is 12.0. The minimum atomic E-state index is 0.216. The van der Waals surface area contributed by atoms with Crippen LogP contribution in [0.5, 0.6) is 0 Å². The number of rotatable bonds is 3. The van der Waals surface area contributed by atoms with Gasteiger partial charge in [0.05, 0.1) is 0 Å². The minimum absolute atomic E-state index is 0.216. The van der Waals surface area contributed by atoms with Crippen molar-refractivity contribution in [2.75, 3.05) is 0 Å². The lowest BCUT2D eigenvalue weighted by atomic mass is 9.83. The lowest BCUT2D eigenvalue weighted by Gasteiger charge is -2.22. The Hall–Kier alpha value is -1.82. The Labute approximate surface area is 177 Å². The Morgan fingerprint density at radius 1 is 0.862 bits per heavy atom. The van der Waals surface area contributed by atoms with Crippen LogP contribution < -0.4 is 0 Å². The second kappa shape index (κ2) is 7.46. The molecule has 0 amide bonds. The smallest absolute Gasteiger partial charge is 0.00515 e. The van der Waals surface area contributed by atoms with Gasteiger partial charge in [0.15, 0.2) is 0 Å². The van der Waals surface area contributed by atoms with E-state index in [0.29, 0.717) is 0 Å². The molecule has 0 N–H and O–H groups in total. The van der Waals surface area contributed by atoms with Crippen LogP contribution in [0.15, 0.2) is 35.9 Å². The van der Waals surface area contributed by atoms with Crippen LogP contribution in [0, 0.1) is 5.92 Å². The summed E-state index contributed by atoms with van der Waals surface area (Å²) in [7, 11) is 0. The van der Waals surface area contributed by atoms with Gasteiger partial charge in [0.2, 0.25) is 0 Å². The van der Waals surface area contributed by atoms with E-state index in [9.17, 15) is 0 Å². The first-order valence-corrected chi connectivity index (χ1v) is 12.0. The van der Waals surface area contributed by atoms with E-state index in [0.717, 1.165) is 5.92 Å². The van der Waals surface area contributed by atoms with Crippen LogP contribution in [0.25, 0.3) is 17.2 Å². The summed E-state index contributed by atoms with van der Waals surface area (Å²) >= 11 is 0. The molecule has 1 fully saturated rings. The molecular formula is C29H36. The van der Waals surface area contributed by atoms with Gasteiger partial charge in [-0.2, -0.15) is 0 Å². The molecule has 29 heavy (non-hydrogen) atoms. The SMILES string of the molecule is CC(C)(C)c1ccc(-c2c3c(cc4c2CCC4)C=C(CC2CCCCC2)C3)cc1. The summed E-state index contributed by atoms with van der Waals surface area (Å²) in [4.78, 5) is 0. The predicted molar refractivity (Wildman–Crippen MR) is 125 cm³/mol. The van der Waals surface area contributed by atoms with E-state index in [-0.39, 0.29) is 5.41 Å². The second-order valence-corrected chi connectivity index (χ2v) is 10.8. The highest BCUT2D eigenvalue weighted by Crippen LogP contribution is 2.43. The van der Waals surface area contributed by atoms with Gasteiger partial charge in [-0.25, -0.2) is 0 Å². The third-order valence-electron chi connectivity index (χ3n) is 7.62. The molecule has 0 bridgehead atoms. The molecule has 3 aliphatic carbocycles. The van der Waals surface area contributed by atoms with Crippen molar-refractivity contribution in [2.45, 2.75) is 90.4 Å². The van der Waals surface area contributed by atoms with Crippen LogP contribution in [0.2, 0.25) is 0 Å². The van der Waals surface area contributed by atoms with Gasteiger partial charge in [-0.1, -0.05) is 94.9 Å². The summed E-state index contributed by atoms with van der Waals surface area (Å²) in [5.41, 5.74) is 12.8. The zero-order chi connectivity index (χ0) is 20.0. The number of benzene rings is 2. The van der Waals surface area contributed by atoms with E-state index in [4.69, 9.17) is 0 Å². The van der Waals surface area contributed by atoms with Crippen LogP contribution in [-0.4, -0.2) is 0 Å². The Morgan fingerprint density at radius 2 is 1.62 bits per heavy atom. The standard InChI is InChI=1S/C29H36/c1-29(2,3)25-14-12-22(13-15-25)28-26-11-7-10-23(26)19-24-17-21(18-27(24)28)16-20-8-5-4-6-9-20/h12-15,17,19-20H,4-11,16,18H2,1-3H3. The molecule has 152 valence electrons. The predicted octanol–water partition coefficient (Wildman–Crippen LogP) is 8.05. The topological polar surface area (TPSA) is 0 Å². The maximum atomic E-state index is 2.57. The van der Waals surface area contributed by atoms with Gasteiger partial charge in [0.25, 0.3) is 0 Å². The molecule has 0 nitrogen and oxygen atoms in total. The van der Waals surface area contributed by atoms with Crippen molar-refractivity contribution in [1.82, 2.24) is 0 Å². The first kappa shape index (κ1) is 19.2. The summed E-state index contributed by atoms with van der Waals surface area (Å²) in [6.07, 6.45) is 16.2. The highest BCUT2D eigenvalue weighted by Gasteiger charge is 2.26. The molecule has 0 atom stereocenters. The summed E-state index contributed by atoms with van der Waals surface area (Å²) < 4.78 is 0. The summed E-state index contributed by atoms with van der Waals surface area (Å²) in [6.45, 7) is 6.92. The Kier molecular flexibility index (Phi) is 4.93. The molecule has 0 aromatic heterocycles. The molecule has 0 heterocycles. The number of aryl methyl sites for hydroxylation is 1. The van der Waals surface area contributed by atoms with Crippen molar-refractivity contribution >= 4 is 6.08 Å². The van der Waals surface area contributed by atoms with E-state index < -0.39 is 0 Å². The largest absolute Gasteiger partial charge is 0.0649 e. The fraction of sp³-hybridized carbons (Fsp3) is 0.517. The van der Waals surface area contributed by atoms with Gasteiger partial charge in [0, 0.05) is 0 Å². The molecule has 0 spiro atoms. The maximum absolute atomic E-state index is 2.57. The molecule has 0 saturated heterocycles. The van der Waals surface area contributed by atoms with E-state index in [1.165, 1.54) is 80.9 Å². The highest BCUT2D eigenvalue weighted by molar-refractivity contribution is 5.81. The molecule has 1 saturated carbocycles. The average Bonchev–Trinajstić information content (AvgIpc) is 3.32. The van der Waals surface area contributed by atoms with E-state index in [2.05, 4.69) is 57.2 Å². The van der Waals surface area contributed by atoms with E-state index in [1.54, 1.807) is 27.8 Å². The lowest BCUT2D eigenvalue weighted by Crippen LogP contribution is -2.10. The Balaban J connectivity index is 1.49. The summed E-state index contributed by atoms with van der Waals surface area (Å²) in [5.74, 6) is 0.936. The van der Waals surface area contributed by atoms with Crippen LogP contribution in [0.4, 0.5) is 0 Å². The van der Waals surface area contributed by atoms with E-state index in [1.807, 2.05) is 0 Å². The fourth-order valence-corrected chi connectivity index (χ4v) is 6.01. The molecule has 0 radical (unpaired) electrons. The number of allylic oxidation sites excluding steroid dienone is 1. The molecule has 0 unspecified atom stereocenters. The zero-order valence-electron chi connectivity index (χ0n) is 18.6. The van der Waals surface area contributed by atoms with Gasteiger partial charge in [0.1, 0.15) is 0 Å². The second-order valence-electron chi connectivity index (χ2n) is 10.8. The molecule has 5 rings (SSSR count). The summed E-state index contributed by atoms with van der Waals surface area (Å²) in [6, 6.07) is 12.1. The average molecular weight is 385 g/mol. The van der Waals surface area contributed by atoms with Gasteiger partial charge in [-0.15, -0.1) is 0 Å². The fourth-order valence-electron chi connectivity index (χ4n) is 6.01. The molecule has 2 aromatic rings. The van der Waals surface area contributed by atoms with Gasteiger partial charge in [-0.05, 0) is 82.4 Å². The van der Waals surface area contributed by atoms with Crippen molar-refractivity contribution in [2.24, 2.45) is 5.92 Å². The van der Waals surface area contributed by atoms with Crippen molar-refractivity contribution in [3.63, 3.8) is 0 Å². The lowest BCUT2D eigenvalue weighted by molar-refractivity contribution is 0.355. The van der Waals surface area contributed by atoms with Crippen LogP contribution in [0.3, 0.4) is 0 Å². The number of hydrogen-bond donors (Lipinski definition) is 0. The van der Waals surface area contributed by atoms with Crippen LogP contribution in [0.1, 0.15) is 93.5 Å². The van der Waals surface area contributed by atoms with Gasteiger partial charge < -0.3 is 0 Å². The molecular weight excluding hydrogens is 348 g/mol. The maximum Gasteiger partial charge on any atom is -0.00515 e. The third-order valence-corrected chi connectivity index (χ3v) is 7.62. The highest BCUT2D eigenvalue weighted by atomic mass is 14.3. The number of fused-ring (bicyclic) bond motifs is 2. The molecule has 2 aromatic carbocycles. The number of hydrogen-bond acceptors (Lipinski definition) is 0. The van der Waals surface area contributed by atoms with Crippen LogP contribution in [-0.2, 0) is 24.7 Å². The molecule has 0 heteroatoms. The van der Waals surface area contributed by atoms with Crippen LogP contribution >= 0.6 is 0 Å². The summed E-state index contributed by atoms with van der Waals surface area (Å²) in [5, 5.41) is 0. The van der Waals surface area contributed by atoms with E-state index >= 15 is 0 Å². The van der Waals surface area contributed by atoms with Crippen molar-refractivity contribution in [1.29, 1.82) is 0 Å². The minimum Gasteiger partial charge on any atom is -0.0649 e. The van der Waals surface area contributed by atoms with Crippen molar-refractivity contribution < 1.29 is 0 Å². The Morgan fingerprint density at radius 3 is 2.34 bits per heavy atom.